The van der Waals surface area contributed by atoms with Crippen molar-refractivity contribution in [2.45, 2.75) is 19.4 Å². The number of para-hydroxylation sites is 1. The molecule has 0 spiro atoms. The maximum absolute atomic E-state index is 13.2. The third kappa shape index (κ3) is 3.64. The van der Waals surface area contributed by atoms with E-state index in [-0.39, 0.29) is 11.9 Å². The molecule has 0 aromatic heterocycles. The van der Waals surface area contributed by atoms with Crippen LogP contribution in [0.5, 0.6) is 5.75 Å². The molecular formula is C20H23N3O3. The van der Waals surface area contributed by atoms with Crippen LogP contribution in [0, 0.1) is 0 Å². The van der Waals surface area contributed by atoms with E-state index in [9.17, 15) is 9.59 Å². The molecule has 2 N–H and O–H groups in total. The van der Waals surface area contributed by atoms with Crippen molar-refractivity contribution in [3.05, 3.63) is 65.9 Å². The molecule has 3 amide bonds. The first-order chi connectivity index (χ1) is 12.6. The summed E-state index contributed by atoms with van der Waals surface area (Å²) in [4.78, 5) is 27.0. The average Bonchev–Trinajstić information content (AvgIpc) is 2.66. The number of hydrogen-bond donors (Lipinski definition) is 2. The number of allylic oxidation sites excluding steroid dienone is 1. The summed E-state index contributed by atoms with van der Waals surface area (Å²) < 4.78 is 5.74. The van der Waals surface area contributed by atoms with Crippen LogP contribution in [0.25, 0.3) is 0 Å². The van der Waals surface area contributed by atoms with Crippen LogP contribution < -0.4 is 15.4 Å². The molecule has 2 aliphatic rings. The lowest BCUT2D eigenvalue weighted by Crippen LogP contribution is -2.48. The maximum Gasteiger partial charge on any atom is 0.319 e. The van der Waals surface area contributed by atoms with Gasteiger partial charge in [-0.25, -0.2) is 4.79 Å². The topological polar surface area (TPSA) is 70.7 Å². The van der Waals surface area contributed by atoms with Crippen molar-refractivity contribution in [1.82, 2.24) is 15.5 Å². The Hall–Kier alpha value is -3.02. The van der Waals surface area contributed by atoms with Gasteiger partial charge in [-0.15, -0.1) is 0 Å². The fraction of sp³-hybridized carbons (Fsp3) is 0.300. The lowest BCUT2D eigenvalue weighted by molar-refractivity contribution is -0.127. The zero-order chi connectivity index (χ0) is 18.5. The van der Waals surface area contributed by atoms with E-state index in [4.69, 9.17) is 4.74 Å². The Morgan fingerprint density at radius 3 is 2.92 bits per heavy atom. The van der Waals surface area contributed by atoms with Crippen LogP contribution in [0.2, 0.25) is 0 Å². The summed E-state index contributed by atoms with van der Waals surface area (Å²) >= 11 is 0. The minimum atomic E-state index is -0.567. The first-order valence-electron chi connectivity index (χ1n) is 8.67. The van der Waals surface area contributed by atoms with Crippen molar-refractivity contribution in [2.24, 2.45) is 0 Å². The quantitative estimate of drug-likeness (QED) is 0.800. The molecule has 1 atom stereocenters. The molecule has 2 heterocycles. The number of rotatable bonds is 5. The molecule has 6 heteroatoms. The lowest BCUT2D eigenvalue weighted by atomic mass is 9.93. The smallest absolute Gasteiger partial charge is 0.319 e. The first-order valence-corrected chi connectivity index (χ1v) is 8.67. The minimum Gasteiger partial charge on any atom is -0.489 e. The van der Waals surface area contributed by atoms with Crippen molar-refractivity contribution in [3.8, 4) is 5.75 Å². The van der Waals surface area contributed by atoms with Crippen LogP contribution >= 0.6 is 0 Å². The van der Waals surface area contributed by atoms with Gasteiger partial charge in [0.1, 0.15) is 12.4 Å². The largest absolute Gasteiger partial charge is 0.489 e. The van der Waals surface area contributed by atoms with E-state index in [1.165, 1.54) is 0 Å². The van der Waals surface area contributed by atoms with Crippen LogP contribution in [0.15, 0.2) is 60.3 Å². The summed E-state index contributed by atoms with van der Waals surface area (Å²) in [5.74, 6) is 0.541. The number of nitrogens with zero attached hydrogens (tertiary/aromatic N) is 1. The fourth-order valence-corrected chi connectivity index (χ4v) is 3.21. The van der Waals surface area contributed by atoms with Crippen molar-refractivity contribution in [1.29, 1.82) is 0 Å². The van der Waals surface area contributed by atoms with Crippen LogP contribution in [0.4, 0.5) is 4.79 Å². The van der Waals surface area contributed by atoms with E-state index in [1.54, 1.807) is 17.9 Å². The standard InChI is InChI=1S/C20H23N3O3/c1-3-13-26-16-10-6-5-9-15(16)18-17(14(2)21-20(25)22-18)19(24)23-11-7-4-8-12-23/h3-7,9-10,18H,1,8,11-13H2,2H3,(H2,21,22,25). The highest BCUT2D eigenvalue weighted by Gasteiger charge is 2.34. The summed E-state index contributed by atoms with van der Waals surface area (Å²) in [6, 6.07) is 6.52. The van der Waals surface area contributed by atoms with Gasteiger partial charge in [-0.2, -0.15) is 0 Å². The highest BCUT2D eigenvalue weighted by atomic mass is 16.5. The zero-order valence-electron chi connectivity index (χ0n) is 14.8. The lowest BCUT2D eigenvalue weighted by Gasteiger charge is -2.33. The van der Waals surface area contributed by atoms with Crippen LogP contribution in [-0.2, 0) is 4.79 Å². The number of hydrogen-bond acceptors (Lipinski definition) is 3. The van der Waals surface area contributed by atoms with Crippen molar-refractivity contribution < 1.29 is 14.3 Å². The third-order valence-electron chi connectivity index (χ3n) is 4.43. The Morgan fingerprint density at radius 1 is 1.38 bits per heavy atom. The van der Waals surface area contributed by atoms with Crippen molar-refractivity contribution >= 4 is 11.9 Å². The molecular weight excluding hydrogens is 330 g/mol. The molecule has 1 aromatic rings. The second kappa shape index (κ2) is 7.91. The van der Waals surface area contributed by atoms with Crippen molar-refractivity contribution in [3.63, 3.8) is 0 Å². The van der Waals surface area contributed by atoms with E-state index in [0.29, 0.717) is 36.7 Å². The Morgan fingerprint density at radius 2 is 2.19 bits per heavy atom. The molecule has 0 bridgehead atoms. The summed E-state index contributed by atoms with van der Waals surface area (Å²) in [6.07, 6.45) is 6.55. The maximum atomic E-state index is 13.2. The molecule has 3 rings (SSSR count). The molecule has 136 valence electrons. The van der Waals surface area contributed by atoms with Gasteiger partial charge in [0.25, 0.3) is 5.91 Å². The number of ether oxygens (including phenoxy) is 1. The van der Waals surface area contributed by atoms with E-state index in [2.05, 4.69) is 23.3 Å². The monoisotopic (exact) mass is 353 g/mol. The Bertz CT molecular complexity index is 782. The van der Waals surface area contributed by atoms with Gasteiger partial charge in [0.05, 0.1) is 11.6 Å². The highest BCUT2D eigenvalue weighted by molar-refractivity contribution is 5.98. The van der Waals surface area contributed by atoms with E-state index in [1.807, 2.05) is 30.3 Å². The van der Waals surface area contributed by atoms with Gasteiger partial charge in [0, 0.05) is 24.4 Å². The van der Waals surface area contributed by atoms with Gasteiger partial charge < -0.3 is 20.3 Å². The van der Waals surface area contributed by atoms with E-state index in [0.717, 1.165) is 12.0 Å². The van der Waals surface area contributed by atoms with E-state index < -0.39 is 6.04 Å². The van der Waals surface area contributed by atoms with Gasteiger partial charge in [-0.1, -0.05) is 43.0 Å². The van der Waals surface area contributed by atoms with Crippen LogP contribution in [-0.4, -0.2) is 36.5 Å². The second-order valence-electron chi connectivity index (χ2n) is 6.22. The summed E-state index contributed by atoms with van der Waals surface area (Å²) in [7, 11) is 0. The average molecular weight is 353 g/mol. The molecule has 0 saturated carbocycles. The molecule has 2 aliphatic heterocycles. The molecule has 0 saturated heterocycles. The molecule has 0 radical (unpaired) electrons. The highest BCUT2D eigenvalue weighted by Crippen LogP contribution is 2.34. The van der Waals surface area contributed by atoms with Crippen LogP contribution in [0.1, 0.15) is 24.9 Å². The van der Waals surface area contributed by atoms with Gasteiger partial charge in [0.15, 0.2) is 0 Å². The molecule has 6 nitrogen and oxygen atoms in total. The van der Waals surface area contributed by atoms with E-state index >= 15 is 0 Å². The minimum absolute atomic E-state index is 0.0807. The number of carbonyl (C=O) groups is 2. The zero-order valence-corrected chi connectivity index (χ0v) is 14.8. The summed E-state index contributed by atoms with van der Waals surface area (Å²) in [6.45, 7) is 7.01. The SMILES string of the molecule is C=CCOc1ccccc1C1NC(=O)NC(C)=C1C(=O)N1CC=CCC1. The Kier molecular flexibility index (Phi) is 5.41. The molecule has 26 heavy (non-hydrogen) atoms. The summed E-state index contributed by atoms with van der Waals surface area (Å²) in [5, 5.41) is 5.59. The number of urea groups is 1. The number of carbonyl (C=O) groups excluding carboxylic acids is 2. The fourth-order valence-electron chi connectivity index (χ4n) is 3.21. The van der Waals surface area contributed by atoms with Gasteiger partial charge in [-0.3, -0.25) is 4.79 Å². The number of nitrogens with one attached hydrogen (secondary N) is 2. The van der Waals surface area contributed by atoms with Crippen molar-refractivity contribution in [2.75, 3.05) is 19.7 Å². The normalized spacial score (nSPS) is 19.7. The van der Waals surface area contributed by atoms with Gasteiger partial charge in [-0.05, 0) is 19.4 Å². The van der Waals surface area contributed by atoms with Crippen LogP contribution in [0.3, 0.4) is 0 Å². The predicted octanol–water partition coefficient (Wildman–Crippen LogP) is 2.67. The second-order valence-corrected chi connectivity index (χ2v) is 6.22. The molecule has 1 aromatic carbocycles. The Labute approximate surface area is 153 Å². The Balaban J connectivity index is 1.99. The predicted molar refractivity (Wildman–Crippen MR) is 99.6 cm³/mol. The summed E-state index contributed by atoms with van der Waals surface area (Å²) in [5.41, 5.74) is 1.85. The van der Waals surface area contributed by atoms with Gasteiger partial charge in [0.2, 0.25) is 0 Å². The number of benzene rings is 1. The molecule has 0 fully saturated rings. The third-order valence-corrected chi connectivity index (χ3v) is 4.43. The molecule has 0 aliphatic carbocycles. The van der Waals surface area contributed by atoms with Gasteiger partial charge >= 0.3 is 6.03 Å². The number of amides is 3. The first kappa shape index (κ1) is 17.8. The molecule has 1 unspecified atom stereocenters.